The van der Waals surface area contributed by atoms with E-state index in [1.54, 1.807) is 0 Å². The lowest BCUT2D eigenvalue weighted by atomic mass is 10.0. The zero-order chi connectivity index (χ0) is 18.6. The molecule has 0 spiro atoms. The van der Waals surface area contributed by atoms with Gasteiger partial charge in [-0.15, -0.1) is 0 Å². The van der Waals surface area contributed by atoms with Gasteiger partial charge in [0.1, 0.15) is 12.1 Å². The van der Waals surface area contributed by atoms with E-state index in [0.717, 1.165) is 5.56 Å². The van der Waals surface area contributed by atoms with Gasteiger partial charge in [-0.1, -0.05) is 30.3 Å². The summed E-state index contributed by atoms with van der Waals surface area (Å²) in [5.41, 5.74) is 0.502. The fraction of sp³-hybridized carbons (Fsp3) is 0.526. The van der Waals surface area contributed by atoms with Crippen LogP contribution in [0.5, 0.6) is 0 Å². The number of benzene rings is 1. The number of methoxy groups -OCH3 is 1. The topological polar surface area (TPSA) is 75.7 Å². The van der Waals surface area contributed by atoms with Crippen molar-refractivity contribution < 1.29 is 19.1 Å². The van der Waals surface area contributed by atoms with Gasteiger partial charge in [-0.2, -0.15) is 0 Å². The van der Waals surface area contributed by atoms with Crippen molar-refractivity contribution in [2.24, 2.45) is 0 Å². The number of rotatable bonds is 5. The Labute approximate surface area is 148 Å². The summed E-state index contributed by atoms with van der Waals surface area (Å²) in [6.07, 6.45) is 0.978. The molecule has 1 aromatic carbocycles. The number of nitrogens with one attached hydrogen (secondary N) is 1. The minimum absolute atomic E-state index is 0.194. The molecule has 1 aromatic rings. The van der Waals surface area contributed by atoms with Gasteiger partial charge in [-0.3, -0.25) is 9.59 Å². The lowest BCUT2D eigenvalue weighted by molar-refractivity contribution is -0.154. The first kappa shape index (κ1) is 19.0. The first-order valence-electron chi connectivity index (χ1n) is 8.48. The minimum atomic E-state index is -0.807. The van der Waals surface area contributed by atoms with E-state index in [0.29, 0.717) is 12.8 Å². The van der Waals surface area contributed by atoms with Gasteiger partial charge in [-0.25, -0.2) is 4.79 Å². The van der Waals surface area contributed by atoms with Crippen molar-refractivity contribution in [2.45, 2.75) is 57.7 Å². The molecule has 6 heteroatoms. The minimum Gasteiger partial charge on any atom is -0.467 e. The van der Waals surface area contributed by atoms with Crippen LogP contribution in [0, 0.1) is 0 Å². The Balaban J connectivity index is 2.27. The molecule has 0 radical (unpaired) electrons. The molecule has 0 aliphatic carbocycles. The van der Waals surface area contributed by atoms with Gasteiger partial charge in [0.25, 0.3) is 0 Å². The van der Waals surface area contributed by atoms with Gasteiger partial charge in [0.2, 0.25) is 11.8 Å². The molecule has 0 bridgehead atoms. The lowest BCUT2D eigenvalue weighted by Crippen LogP contribution is -2.55. The Morgan fingerprint density at radius 2 is 1.92 bits per heavy atom. The number of likely N-dealkylation sites (tertiary alicyclic amines) is 1. The highest BCUT2D eigenvalue weighted by atomic mass is 16.5. The fourth-order valence-corrected chi connectivity index (χ4v) is 3.07. The number of carbonyl (C=O) groups excluding carboxylic acids is 3. The number of nitrogens with zero attached hydrogens (tertiary/aromatic N) is 1. The molecule has 136 valence electrons. The Hall–Kier alpha value is -2.37. The third kappa shape index (κ3) is 4.81. The average molecular weight is 346 g/mol. The van der Waals surface area contributed by atoms with Crippen molar-refractivity contribution in [3.63, 3.8) is 0 Å². The van der Waals surface area contributed by atoms with Crippen LogP contribution in [-0.4, -0.2) is 47.4 Å². The predicted molar refractivity (Wildman–Crippen MR) is 93.7 cm³/mol. The predicted octanol–water partition coefficient (Wildman–Crippen LogP) is 1.68. The van der Waals surface area contributed by atoms with Crippen molar-refractivity contribution in [3.8, 4) is 0 Å². The highest BCUT2D eigenvalue weighted by Crippen LogP contribution is 2.25. The molecule has 25 heavy (non-hydrogen) atoms. The van der Waals surface area contributed by atoms with Crippen LogP contribution < -0.4 is 5.32 Å². The van der Waals surface area contributed by atoms with E-state index in [1.807, 2.05) is 51.1 Å². The smallest absolute Gasteiger partial charge is 0.328 e. The number of hydrogen-bond donors (Lipinski definition) is 1. The summed E-state index contributed by atoms with van der Waals surface area (Å²) in [7, 11) is 1.30. The van der Waals surface area contributed by atoms with Crippen LogP contribution in [0.15, 0.2) is 30.3 Å². The maximum Gasteiger partial charge on any atom is 0.328 e. The number of carbonyl (C=O) groups is 3. The molecule has 6 nitrogen and oxygen atoms in total. The Kier molecular flexibility index (Phi) is 5.82. The molecule has 1 heterocycles. The highest BCUT2D eigenvalue weighted by Gasteiger charge is 2.44. The SMILES string of the molecule is COC(=O)[C@H](Cc1ccccc1)N1C(=O)CC[C@H]1C(=O)NC(C)(C)C. The molecule has 1 saturated heterocycles. The van der Waals surface area contributed by atoms with Gasteiger partial charge >= 0.3 is 5.97 Å². The standard InChI is InChI=1S/C19H26N2O4/c1-19(2,3)20-17(23)14-10-11-16(22)21(14)15(18(24)25-4)12-13-8-6-5-7-9-13/h5-9,14-15H,10-12H2,1-4H3,(H,20,23)/t14-,15-/m0/s1. The maximum atomic E-state index is 12.6. The van der Waals surface area contributed by atoms with E-state index in [9.17, 15) is 14.4 Å². The van der Waals surface area contributed by atoms with Crippen LogP contribution >= 0.6 is 0 Å². The van der Waals surface area contributed by atoms with Gasteiger partial charge in [0.05, 0.1) is 7.11 Å². The zero-order valence-corrected chi connectivity index (χ0v) is 15.2. The quantitative estimate of drug-likeness (QED) is 0.823. The number of hydrogen-bond acceptors (Lipinski definition) is 4. The van der Waals surface area contributed by atoms with Gasteiger partial charge in [0, 0.05) is 18.4 Å². The summed E-state index contributed by atoms with van der Waals surface area (Å²) >= 11 is 0. The lowest BCUT2D eigenvalue weighted by Gasteiger charge is -2.32. The molecule has 0 unspecified atom stereocenters. The second-order valence-corrected chi connectivity index (χ2v) is 7.32. The van der Waals surface area contributed by atoms with Crippen molar-refractivity contribution in [1.82, 2.24) is 10.2 Å². The molecule has 1 fully saturated rings. The van der Waals surface area contributed by atoms with E-state index in [2.05, 4.69) is 5.32 Å². The normalized spacial score (nSPS) is 18.8. The molecule has 2 rings (SSSR count). The van der Waals surface area contributed by atoms with Crippen molar-refractivity contribution >= 4 is 17.8 Å². The summed E-state index contributed by atoms with van der Waals surface area (Å²) < 4.78 is 4.91. The molecule has 1 N–H and O–H groups in total. The van der Waals surface area contributed by atoms with Crippen molar-refractivity contribution in [2.75, 3.05) is 7.11 Å². The highest BCUT2D eigenvalue weighted by molar-refractivity contribution is 5.94. The molecule has 0 aromatic heterocycles. The fourth-order valence-electron chi connectivity index (χ4n) is 3.07. The third-order valence-electron chi connectivity index (χ3n) is 4.14. The Morgan fingerprint density at radius 3 is 2.48 bits per heavy atom. The second-order valence-electron chi connectivity index (χ2n) is 7.32. The van der Waals surface area contributed by atoms with Crippen molar-refractivity contribution in [1.29, 1.82) is 0 Å². The summed E-state index contributed by atoms with van der Waals surface area (Å²) in [6, 6.07) is 7.95. The molecule has 2 atom stereocenters. The summed E-state index contributed by atoms with van der Waals surface area (Å²) in [4.78, 5) is 38.8. The Morgan fingerprint density at radius 1 is 1.28 bits per heavy atom. The molecule has 1 aliphatic heterocycles. The van der Waals surface area contributed by atoms with E-state index in [4.69, 9.17) is 4.74 Å². The first-order chi connectivity index (χ1) is 11.7. The summed E-state index contributed by atoms with van der Waals surface area (Å²) in [6.45, 7) is 5.65. The maximum absolute atomic E-state index is 12.6. The summed E-state index contributed by atoms with van der Waals surface area (Å²) in [5, 5.41) is 2.90. The largest absolute Gasteiger partial charge is 0.467 e. The number of amides is 2. The van der Waals surface area contributed by atoms with Crippen LogP contribution in [0.4, 0.5) is 0 Å². The average Bonchev–Trinajstić information content (AvgIpc) is 2.93. The van der Waals surface area contributed by atoms with Crippen molar-refractivity contribution in [3.05, 3.63) is 35.9 Å². The van der Waals surface area contributed by atoms with Crippen LogP contribution in [0.3, 0.4) is 0 Å². The van der Waals surface area contributed by atoms with Gasteiger partial charge < -0.3 is 15.0 Å². The molecular formula is C19H26N2O4. The second kappa shape index (κ2) is 7.68. The monoisotopic (exact) mass is 346 g/mol. The molecule has 2 amide bonds. The Bertz CT molecular complexity index is 637. The molecular weight excluding hydrogens is 320 g/mol. The number of esters is 1. The van der Waals surface area contributed by atoms with Gasteiger partial charge in [-0.05, 0) is 32.8 Å². The third-order valence-corrected chi connectivity index (χ3v) is 4.14. The van der Waals surface area contributed by atoms with Crippen LogP contribution in [0.2, 0.25) is 0 Å². The van der Waals surface area contributed by atoms with E-state index >= 15 is 0 Å². The van der Waals surface area contributed by atoms with Gasteiger partial charge in [0.15, 0.2) is 0 Å². The molecule has 0 saturated carbocycles. The first-order valence-corrected chi connectivity index (χ1v) is 8.48. The molecule has 1 aliphatic rings. The van der Waals surface area contributed by atoms with Crippen LogP contribution in [0.1, 0.15) is 39.2 Å². The van der Waals surface area contributed by atoms with Crippen LogP contribution in [0.25, 0.3) is 0 Å². The zero-order valence-electron chi connectivity index (χ0n) is 15.2. The van der Waals surface area contributed by atoms with Crippen LogP contribution in [-0.2, 0) is 25.5 Å². The summed E-state index contributed by atoms with van der Waals surface area (Å²) in [5.74, 6) is -0.937. The van der Waals surface area contributed by atoms with E-state index < -0.39 is 23.6 Å². The van der Waals surface area contributed by atoms with E-state index in [1.165, 1.54) is 12.0 Å². The van der Waals surface area contributed by atoms with E-state index in [-0.39, 0.29) is 18.2 Å². The number of ether oxygens (including phenoxy) is 1.